The molecule has 0 aliphatic rings. The van der Waals surface area contributed by atoms with Crippen LogP contribution in [0.2, 0.25) is 0 Å². The zero-order valence-corrected chi connectivity index (χ0v) is 23.5. The van der Waals surface area contributed by atoms with E-state index < -0.39 is 58.9 Å². The zero-order chi connectivity index (χ0) is 37.8. The summed E-state index contributed by atoms with van der Waals surface area (Å²) < 4.78 is 93.5. The molecule has 11 nitrogen and oxygen atoms in total. The Morgan fingerprint density at radius 1 is 0.822 bits per heavy atom. The molecule has 0 aliphatic heterocycles. The van der Waals surface area contributed by atoms with E-state index in [1.165, 1.54) is 54.6 Å². The van der Waals surface area contributed by atoms with Crippen molar-refractivity contribution in [3.05, 3.63) is 117 Å². The van der Waals surface area contributed by atoms with Crippen molar-refractivity contribution in [2.45, 2.75) is 19.9 Å². The number of aliphatic hydroxyl groups is 1. The van der Waals surface area contributed by atoms with E-state index in [4.69, 9.17) is 23.4 Å². The lowest BCUT2D eigenvalue weighted by Gasteiger charge is -2.13. The van der Waals surface area contributed by atoms with Gasteiger partial charge in [0.05, 0.1) is 37.0 Å². The van der Waals surface area contributed by atoms with Crippen molar-refractivity contribution in [2.24, 2.45) is 0 Å². The van der Waals surface area contributed by atoms with Gasteiger partial charge in [0.2, 0.25) is 0 Å². The molecule has 4 rings (SSSR count). The second kappa shape index (κ2) is 17.5. The summed E-state index contributed by atoms with van der Waals surface area (Å²) in [7, 11) is 1.00. The summed E-state index contributed by atoms with van der Waals surface area (Å²) >= 11 is 0. The highest BCUT2D eigenvalue weighted by atomic mass is 19.1. The van der Waals surface area contributed by atoms with Crippen molar-refractivity contribution in [3.63, 3.8) is 0 Å². The van der Waals surface area contributed by atoms with Crippen LogP contribution in [0, 0.1) is 33.4 Å². The van der Waals surface area contributed by atoms with E-state index in [0.29, 0.717) is 5.56 Å². The number of nitrogens with one attached hydrogen (secondary N) is 3. The topological polar surface area (TPSA) is 178 Å². The monoisotopic (exact) mass is 637 g/mol. The number of hydrogen-bond donors (Lipinski definition) is 6. The summed E-state index contributed by atoms with van der Waals surface area (Å²) in [6.45, 7) is -6.00. The van der Waals surface area contributed by atoms with Gasteiger partial charge in [-0.15, -0.1) is 0 Å². The number of aliphatic hydroxyl groups excluding tert-OH is 1. The number of amides is 1. The first-order valence-corrected chi connectivity index (χ1v) is 12.6. The van der Waals surface area contributed by atoms with Gasteiger partial charge in [-0.2, -0.15) is 0 Å². The number of nitrogen functional groups attached to an aromatic ring is 2. The molecule has 4 aromatic rings. The van der Waals surface area contributed by atoms with E-state index in [1.54, 1.807) is 12.1 Å². The lowest BCUT2D eigenvalue weighted by atomic mass is 10.2. The molecule has 240 valence electrons. The largest absolute Gasteiger partial charge is 0.450 e. The van der Waals surface area contributed by atoms with Gasteiger partial charge in [0, 0.05) is 30.4 Å². The average molecular weight is 638 g/mol. The number of halogens is 4. The number of benzene rings is 4. The molecule has 0 heterocycles. The van der Waals surface area contributed by atoms with Crippen molar-refractivity contribution < 1.29 is 44.0 Å². The standard InChI is InChI=1S/C16H17F2N3O2.C13H11F2N3O2.CH4O/c1-2-23-16(22)21-13-8-7-12(14(18)15(13)19)20-9-10-3-5-11(17)6-4-10;14-9-3-1-8(2-4-9)7-17-10-5-6-11(18(19)20)13(16)12(10)15;1-2/h3-8,20H,2,9,19H2,1H3,(H,21,22);1-6,17H,7,16H2;2H,1H3/i1D3,2D2;;. The Morgan fingerprint density at radius 3 is 1.73 bits per heavy atom. The fourth-order valence-corrected chi connectivity index (χ4v) is 3.50. The number of nitro groups is 1. The minimum absolute atomic E-state index is 0.0126. The van der Waals surface area contributed by atoms with Crippen molar-refractivity contribution in [3.8, 4) is 0 Å². The first-order valence-electron chi connectivity index (χ1n) is 15.1. The molecule has 0 aromatic heterocycles. The van der Waals surface area contributed by atoms with Crippen LogP contribution < -0.4 is 27.4 Å². The van der Waals surface area contributed by atoms with Crippen molar-refractivity contribution in [1.29, 1.82) is 0 Å². The number of ether oxygens (including phenoxy) is 1. The minimum Gasteiger partial charge on any atom is -0.450 e. The molecule has 0 saturated carbocycles. The van der Waals surface area contributed by atoms with Gasteiger partial charge in [-0.25, -0.2) is 22.4 Å². The van der Waals surface area contributed by atoms with Crippen LogP contribution in [0.1, 0.15) is 24.8 Å². The fraction of sp³-hybridized carbons (Fsp3) is 0.167. The number of rotatable bonds is 9. The Morgan fingerprint density at radius 2 is 1.27 bits per heavy atom. The van der Waals surface area contributed by atoms with E-state index in [0.717, 1.165) is 18.7 Å². The highest BCUT2D eigenvalue weighted by Crippen LogP contribution is 2.30. The fourth-order valence-electron chi connectivity index (χ4n) is 3.50. The SMILES string of the molecule is CO.Nc1c([N+](=O)[O-])ccc(NCc2ccc(F)cc2)c1F.[2H]C([2H])([2H])C([2H])([2H])OC(=O)Nc1ccc(NCc2ccc(F)cc2)c(F)c1N. The van der Waals surface area contributed by atoms with E-state index in [2.05, 4.69) is 15.4 Å². The van der Waals surface area contributed by atoms with E-state index in [-0.39, 0.29) is 36.0 Å². The molecule has 0 unspecified atom stereocenters. The molecule has 0 radical (unpaired) electrons. The Balaban J connectivity index is 0.000000347. The van der Waals surface area contributed by atoms with Crippen LogP contribution in [0.4, 0.5) is 56.5 Å². The summed E-state index contributed by atoms with van der Waals surface area (Å²) in [6.07, 6.45) is -1.45. The predicted octanol–water partition coefficient (Wildman–Crippen LogP) is 6.40. The van der Waals surface area contributed by atoms with Crippen LogP contribution in [0.15, 0.2) is 72.8 Å². The number of nitro benzene ring substituents is 1. The average Bonchev–Trinajstić information content (AvgIpc) is 3.05. The molecule has 0 bridgehead atoms. The normalized spacial score (nSPS) is 12.2. The van der Waals surface area contributed by atoms with E-state index in [1.807, 2.05) is 5.32 Å². The second-order valence-corrected chi connectivity index (χ2v) is 8.58. The molecule has 4 aromatic carbocycles. The van der Waals surface area contributed by atoms with Gasteiger partial charge in [-0.1, -0.05) is 24.3 Å². The van der Waals surface area contributed by atoms with Crippen molar-refractivity contribution in [2.75, 3.05) is 41.1 Å². The third-order valence-electron chi connectivity index (χ3n) is 5.71. The summed E-state index contributed by atoms with van der Waals surface area (Å²) in [5.41, 5.74) is 10.8. The maximum Gasteiger partial charge on any atom is 0.411 e. The van der Waals surface area contributed by atoms with Crippen LogP contribution in [-0.2, 0) is 17.8 Å². The molecular weight excluding hydrogens is 600 g/mol. The molecule has 45 heavy (non-hydrogen) atoms. The van der Waals surface area contributed by atoms with Gasteiger partial charge in [0.25, 0.3) is 5.69 Å². The maximum absolute atomic E-state index is 14.4. The lowest BCUT2D eigenvalue weighted by molar-refractivity contribution is -0.384. The molecule has 0 saturated heterocycles. The summed E-state index contributed by atoms with van der Waals surface area (Å²) in [5, 5.41) is 25.1. The third-order valence-corrected chi connectivity index (χ3v) is 5.71. The number of carbonyl (C=O) groups is 1. The Hall–Kier alpha value is -5.57. The highest BCUT2D eigenvalue weighted by Gasteiger charge is 2.18. The highest BCUT2D eigenvalue weighted by molar-refractivity contribution is 5.90. The molecule has 1 amide bonds. The Kier molecular flexibility index (Phi) is 11.0. The van der Waals surface area contributed by atoms with Crippen molar-refractivity contribution in [1.82, 2.24) is 0 Å². The number of anilines is 5. The third kappa shape index (κ3) is 10.6. The van der Waals surface area contributed by atoms with Gasteiger partial charge in [0.1, 0.15) is 17.3 Å². The quantitative estimate of drug-likeness (QED) is 0.0524. The van der Waals surface area contributed by atoms with Gasteiger partial charge in [0.15, 0.2) is 11.6 Å². The maximum atomic E-state index is 14.4. The lowest BCUT2D eigenvalue weighted by Crippen LogP contribution is -2.15. The predicted molar refractivity (Wildman–Crippen MR) is 165 cm³/mol. The molecule has 0 spiro atoms. The molecule has 0 fully saturated rings. The summed E-state index contributed by atoms with van der Waals surface area (Å²) in [4.78, 5) is 21.6. The molecule has 0 atom stereocenters. The van der Waals surface area contributed by atoms with Gasteiger partial charge in [-0.3, -0.25) is 15.4 Å². The number of nitrogens with two attached hydrogens (primary N) is 2. The minimum atomic E-state index is -3.24. The second-order valence-electron chi connectivity index (χ2n) is 8.58. The number of hydrogen-bond acceptors (Lipinski definition) is 9. The van der Waals surface area contributed by atoms with E-state index >= 15 is 0 Å². The zero-order valence-electron chi connectivity index (χ0n) is 28.5. The van der Waals surface area contributed by atoms with Gasteiger partial charge in [-0.05, 0) is 60.4 Å². The van der Waals surface area contributed by atoms with Crippen LogP contribution >= 0.6 is 0 Å². The van der Waals surface area contributed by atoms with E-state index in [9.17, 15) is 32.5 Å². The van der Waals surface area contributed by atoms with Crippen LogP contribution in [0.25, 0.3) is 0 Å². The van der Waals surface area contributed by atoms with Crippen molar-refractivity contribution >= 4 is 40.2 Å². The van der Waals surface area contributed by atoms with Crippen LogP contribution in [-0.4, -0.2) is 29.8 Å². The summed E-state index contributed by atoms with van der Waals surface area (Å²) in [6, 6.07) is 16.1. The van der Waals surface area contributed by atoms with Crippen LogP contribution in [0.3, 0.4) is 0 Å². The van der Waals surface area contributed by atoms with Gasteiger partial charge < -0.3 is 31.9 Å². The number of nitrogens with zero attached hydrogens (tertiary/aromatic N) is 1. The van der Waals surface area contributed by atoms with Gasteiger partial charge >= 0.3 is 6.09 Å². The Bertz CT molecular complexity index is 1770. The first kappa shape index (κ1) is 28.2. The first-order chi connectivity index (χ1) is 23.4. The molecule has 15 heteroatoms. The number of carbonyl (C=O) groups excluding carboxylic acids is 1. The smallest absolute Gasteiger partial charge is 0.411 e. The molecular formula is C30H32F4N6O5. The molecule has 0 aliphatic carbocycles. The van der Waals surface area contributed by atoms with Crippen LogP contribution in [0.5, 0.6) is 0 Å². The summed E-state index contributed by atoms with van der Waals surface area (Å²) in [5.74, 6) is -2.52. The molecule has 8 N–H and O–H groups in total. The Labute approximate surface area is 263 Å².